The molecule has 2 aromatic rings. The third-order valence-electron chi connectivity index (χ3n) is 2.24. The van der Waals surface area contributed by atoms with Gasteiger partial charge >= 0.3 is 0 Å². The van der Waals surface area contributed by atoms with Gasteiger partial charge in [-0.25, -0.2) is 9.97 Å². The highest BCUT2D eigenvalue weighted by Gasteiger charge is 2.01. The molecule has 0 unspecified atom stereocenters. The summed E-state index contributed by atoms with van der Waals surface area (Å²) in [6, 6.07) is 7.36. The minimum Gasteiger partial charge on any atom is -0.490 e. The Kier molecular flexibility index (Phi) is 4.20. The smallest absolute Gasteiger partial charge is 0.148 e. The first-order valence-corrected chi connectivity index (χ1v) is 5.82. The zero-order valence-corrected chi connectivity index (χ0v) is 10.4. The molecule has 0 radical (unpaired) electrons. The Morgan fingerprint density at radius 3 is 2.94 bits per heavy atom. The number of nitrogens with zero attached hydrogens (tertiary/aromatic N) is 2. The van der Waals surface area contributed by atoms with Gasteiger partial charge in [-0.05, 0) is 12.1 Å². The van der Waals surface area contributed by atoms with Crippen LogP contribution in [0.2, 0.25) is 5.02 Å². The van der Waals surface area contributed by atoms with Crippen LogP contribution in [0.15, 0.2) is 36.8 Å². The number of nitrogens with one attached hydrogen (secondary N) is 1. The van der Waals surface area contributed by atoms with Crippen LogP contribution in [0.5, 0.6) is 5.75 Å². The highest BCUT2D eigenvalue weighted by Crippen LogP contribution is 2.19. The molecule has 0 spiro atoms. The van der Waals surface area contributed by atoms with E-state index >= 15 is 0 Å². The molecular formula is C12H13ClN4O. The largest absolute Gasteiger partial charge is 0.490 e. The third-order valence-corrected chi connectivity index (χ3v) is 2.52. The van der Waals surface area contributed by atoms with E-state index in [2.05, 4.69) is 15.3 Å². The molecule has 0 atom stereocenters. The predicted molar refractivity (Wildman–Crippen MR) is 71.9 cm³/mol. The molecule has 1 aromatic carbocycles. The minimum absolute atomic E-state index is 0.467. The first-order valence-electron chi connectivity index (χ1n) is 5.44. The molecule has 5 nitrogen and oxygen atoms in total. The minimum atomic E-state index is 0.467. The van der Waals surface area contributed by atoms with E-state index in [1.807, 2.05) is 18.2 Å². The lowest BCUT2D eigenvalue weighted by molar-refractivity contribution is 0.334. The summed E-state index contributed by atoms with van der Waals surface area (Å²) in [4.78, 5) is 7.81. The predicted octanol–water partition coefficient (Wildman–Crippen LogP) is 2.20. The Hall–Kier alpha value is -2.01. The van der Waals surface area contributed by atoms with Crippen molar-refractivity contribution in [3.63, 3.8) is 0 Å². The van der Waals surface area contributed by atoms with Gasteiger partial charge in [0.25, 0.3) is 0 Å². The van der Waals surface area contributed by atoms with Crippen LogP contribution in [-0.2, 0) is 0 Å². The van der Waals surface area contributed by atoms with Crippen molar-refractivity contribution >= 4 is 23.1 Å². The number of halogens is 1. The molecule has 2 rings (SSSR count). The van der Waals surface area contributed by atoms with Gasteiger partial charge in [-0.3, -0.25) is 0 Å². The monoisotopic (exact) mass is 264 g/mol. The van der Waals surface area contributed by atoms with Gasteiger partial charge in [-0.15, -0.1) is 0 Å². The second kappa shape index (κ2) is 6.07. The molecule has 1 heterocycles. The number of hydrogen-bond donors (Lipinski definition) is 2. The molecule has 6 heteroatoms. The van der Waals surface area contributed by atoms with Crippen LogP contribution in [0.1, 0.15) is 0 Å². The number of para-hydroxylation sites is 2. The molecule has 0 aliphatic carbocycles. The topological polar surface area (TPSA) is 73.1 Å². The fraction of sp³-hybridized carbons (Fsp3) is 0.167. The van der Waals surface area contributed by atoms with Gasteiger partial charge in [0.2, 0.25) is 0 Å². The average molecular weight is 265 g/mol. The van der Waals surface area contributed by atoms with Crippen molar-refractivity contribution in [2.45, 2.75) is 0 Å². The van der Waals surface area contributed by atoms with Gasteiger partial charge in [-0.1, -0.05) is 23.7 Å². The molecule has 0 saturated heterocycles. The van der Waals surface area contributed by atoms with Crippen LogP contribution in [-0.4, -0.2) is 23.1 Å². The van der Waals surface area contributed by atoms with E-state index < -0.39 is 0 Å². The molecular weight excluding hydrogens is 252 g/mol. The van der Waals surface area contributed by atoms with E-state index in [1.165, 1.54) is 12.5 Å². The number of ether oxygens (including phenoxy) is 1. The highest BCUT2D eigenvalue weighted by molar-refractivity contribution is 6.32. The van der Waals surface area contributed by atoms with E-state index in [4.69, 9.17) is 22.1 Å². The summed E-state index contributed by atoms with van der Waals surface area (Å²) in [7, 11) is 0. The first-order chi connectivity index (χ1) is 8.77. The summed E-state index contributed by atoms with van der Waals surface area (Å²) in [6.45, 7) is 1.04. The summed E-state index contributed by atoms with van der Waals surface area (Å²) in [5.41, 5.74) is 6.37. The van der Waals surface area contributed by atoms with Crippen molar-refractivity contribution in [1.82, 2.24) is 9.97 Å². The van der Waals surface area contributed by atoms with E-state index in [-0.39, 0.29) is 0 Å². The number of rotatable bonds is 5. The van der Waals surface area contributed by atoms with Crippen molar-refractivity contribution in [2.24, 2.45) is 0 Å². The number of aromatic nitrogens is 2. The SMILES string of the molecule is Nc1ccccc1OCCNc1ncncc1Cl. The molecule has 0 amide bonds. The summed E-state index contributed by atoms with van der Waals surface area (Å²) in [6.07, 6.45) is 2.97. The summed E-state index contributed by atoms with van der Waals surface area (Å²) < 4.78 is 5.52. The normalized spacial score (nSPS) is 10.1. The van der Waals surface area contributed by atoms with E-state index in [0.717, 1.165) is 0 Å². The van der Waals surface area contributed by atoms with Crippen molar-refractivity contribution in [3.05, 3.63) is 41.8 Å². The number of hydrogen-bond acceptors (Lipinski definition) is 5. The zero-order valence-electron chi connectivity index (χ0n) is 9.64. The number of benzene rings is 1. The zero-order chi connectivity index (χ0) is 12.8. The molecule has 1 aromatic heterocycles. The fourth-order valence-electron chi connectivity index (χ4n) is 1.39. The second-order valence-corrected chi connectivity index (χ2v) is 3.94. The van der Waals surface area contributed by atoms with Crippen molar-refractivity contribution in [1.29, 1.82) is 0 Å². The van der Waals surface area contributed by atoms with Crippen LogP contribution in [0.25, 0.3) is 0 Å². The molecule has 94 valence electrons. The maximum atomic E-state index is 5.90. The van der Waals surface area contributed by atoms with Gasteiger partial charge in [0.15, 0.2) is 0 Å². The van der Waals surface area contributed by atoms with Gasteiger partial charge in [-0.2, -0.15) is 0 Å². The summed E-state index contributed by atoms with van der Waals surface area (Å²) >= 11 is 5.90. The summed E-state index contributed by atoms with van der Waals surface area (Å²) in [5, 5.41) is 3.54. The lowest BCUT2D eigenvalue weighted by Gasteiger charge is -2.10. The fourth-order valence-corrected chi connectivity index (χ4v) is 1.56. The molecule has 0 aliphatic heterocycles. The van der Waals surface area contributed by atoms with Gasteiger partial charge in [0.05, 0.1) is 18.4 Å². The van der Waals surface area contributed by atoms with Crippen molar-refractivity contribution in [3.8, 4) is 5.75 Å². The van der Waals surface area contributed by atoms with Crippen LogP contribution in [0.3, 0.4) is 0 Å². The van der Waals surface area contributed by atoms with Gasteiger partial charge < -0.3 is 15.8 Å². The Balaban J connectivity index is 1.80. The lowest BCUT2D eigenvalue weighted by Crippen LogP contribution is -2.13. The number of anilines is 2. The molecule has 3 N–H and O–H groups in total. The van der Waals surface area contributed by atoms with E-state index in [1.54, 1.807) is 6.07 Å². The maximum absolute atomic E-state index is 5.90. The Morgan fingerprint density at radius 1 is 1.33 bits per heavy atom. The molecule has 0 aliphatic rings. The first kappa shape index (κ1) is 12.4. The van der Waals surface area contributed by atoms with E-state index in [0.29, 0.717) is 35.4 Å². The van der Waals surface area contributed by atoms with Crippen LogP contribution in [0, 0.1) is 0 Å². The Morgan fingerprint density at radius 2 is 2.17 bits per heavy atom. The van der Waals surface area contributed by atoms with Crippen LogP contribution >= 0.6 is 11.6 Å². The molecule has 0 fully saturated rings. The van der Waals surface area contributed by atoms with Crippen molar-refractivity contribution in [2.75, 3.05) is 24.2 Å². The maximum Gasteiger partial charge on any atom is 0.148 e. The van der Waals surface area contributed by atoms with Crippen LogP contribution in [0.4, 0.5) is 11.5 Å². The molecule has 0 bridgehead atoms. The van der Waals surface area contributed by atoms with Gasteiger partial charge in [0.1, 0.15) is 29.5 Å². The molecule has 0 saturated carbocycles. The van der Waals surface area contributed by atoms with Crippen LogP contribution < -0.4 is 15.8 Å². The molecule has 18 heavy (non-hydrogen) atoms. The highest BCUT2D eigenvalue weighted by atomic mass is 35.5. The number of nitrogen functional groups attached to an aromatic ring is 1. The van der Waals surface area contributed by atoms with E-state index in [9.17, 15) is 0 Å². The van der Waals surface area contributed by atoms with Gasteiger partial charge in [0, 0.05) is 0 Å². The lowest BCUT2D eigenvalue weighted by atomic mass is 10.3. The second-order valence-electron chi connectivity index (χ2n) is 3.53. The quantitative estimate of drug-likeness (QED) is 0.640. The Bertz CT molecular complexity index is 473. The summed E-state index contributed by atoms with van der Waals surface area (Å²) in [5.74, 6) is 1.27. The van der Waals surface area contributed by atoms with Crippen molar-refractivity contribution < 1.29 is 4.74 Å². The average Bonchev–Trinajstić information content (AvgIpc) is 2.38. The third kappa shape index (κ3) is 3.24. The Labute approximate surface area is 110 Å². The number of nitrogens with two attached hydrogens (primary N) is 1. The standard InChI is InChI=1S/C12H13ClN4O/c13-9-7-15-8-17-12(9)16-5-6-18-11-4-2-1-3-10(11)14/h1-4,7-8H,5-6,14H2,(H,15,16,17).